The number of hydrogen-bond acceptors (Lipinski definition) is 5. The Hall–Kier alpha value is -2.61. The fourth-order valence-corrected chi connectivity index (χ4v) is 4.01. The van der Waals surface area contributed by atoms with Crippen LogP contribution in [0.25, 0.3) is 10.4 Å². The van der Waals surface area contributed by atoms with Crippen molar-refractivity contribution in [2.24, 2.45) is 0 Å². The molecule has 1 aromatic carbocycles. The molecule has 0 aliphatic heterocycles. The molecule has 2 aromatic heterocycles. The third kappa shape index (κ3) is 5.50. The van der Waals surface area contributed by atoms with Crippen molar-refractivity contribution in [2.75, 3.05) is 10.6 Å². The molecule has 9 heteroatoms. The molecule has 2 heterocycles. The van der Waals surface area contributed by atoms with Gasteiger partial charge in [0.05, 0.1) is 21.3 Å². The molecule has 0 spiro atoms. The molecule has 0 radical (unpaired) electrons. The van der Waals surface area contributed by atoms with Crippen molar-refractivity contribution < 1.29 is 14.3 Å². The number of halogens is 2. The minimum Gasteiger partial charge on any atom is -0.456 e. The first-order chi connectivity index (χ1) is 14.1. The lowest BCUT2D eigenvalue weighted by atomic mass is 10.1. The second-order valence-corrected chi connectivity index (χ2v) is 9.14. The van der Waals surface area contributed by atoms with E-state index in [-0.39, 0.29) is 11.3 Å². The molecular weight excluding hydrogens is 445 g/mol. The van der Waals surface area contributed by atoms with Crippen LogP contribution in [0.2, 0.25) is 10.0 Å². The number of rotatable bonds is 4. The molecule has 6 nitrogen and oxygen atoms in total. The van der Waals surface area contributed by atoms with Crippen LogP contribution in [0.3, 0.4) is 0 Å². The highest BCUT2D eigenvalue weighted by Crippen LogP contribution is 2.37. The summed E-state index contributed by atoms with van der Waals surface area (Å²) >= 11 is 13.5. The van der Waals surface area contributed by atoms with Crippen LogP contribution in [-0.4, -0.2) is 22.6 Å². The molecule has 0 atom stereocenters. The molecule has 3 aromatic rings. The van der Waals surface area contributed by atoms with Crippen molar-refractivity contribution >= 4 is 57.2 Å². The standard InChI is InChI=1S/C21H19Cl2N3O3S/c1-21(2,3)29-19(27)13-10-16(12-6-5-9-24-11-12)30-18(13)26-20(28)25-17-14(22)7-4-8-15(17)23/h4-11H,1-3H3,(H2,25,26,28). The number of anilines is 2. The number of pyridine rings is 1. The van der Waals surface area contributed by atoms with Gasteiger partial charge in [-0.3, -0.25) is 10.3 Å². The zero-order valence-corrected chi connectivity index (χ0v) is 18.8. The van der Waals surface area contributed by atoms with E-state index in [4.69, 9.17) is 27.9 Å². The zero-order valence-electron chi connectivity index (χ0n) is 16.5. The van der Waals surface area contributed by atoms with Crippen LogP contribution in [0.4, 0.5) is 15.5 Å². The number of benzene rings is 1. The van der Waals surface area contributed by atoms with Gasteiger partial charge < -0.3 is 10.1 Å². The Bertz CT molecular complexity index is 1060. The Morgan fingerprint density at radius 3 is 2.37 bits per heavy atom. The van der Waals surface area contributed by atoms with Gasteiger partial charge in [-0.25, -0.2) is 9.59 Å². The highest BCUT2D eigenvalue weighted by molar-refractivity contribution is 7.20. The maximum atomic E-state index is 12.7. The summed E-state index contributed by atoms with van der Waals surface area (Å²) in [6, 6.07) is 9.64. The summed E-state index contributed by atoms with van der Waals surface area (Å²) in [4.78, 5) is 30.2. The minimum absolute atomic E-state index is 0.245. The van der Waals surface area contributed by atoms with Crippen molar-refractivity contribution in [2.45, 2.75) is 26.4 Å². The van der Waals surface area contributed by atoms with Gasteiger partial charge >= 0.3 is 12.0 Å². The highest BCUT2D eigenvalue weighted by Gasteiger charge is 2.24. The van der Waals surface area contributed by atoms with Gasteiger partial charge in [0, 0.05) is 22.8 Å². The summed E-state index contributed by atoms with van der Waals surface area (Å²) in [5.74, 6) is -0.542. The predicted molar refractivity (Wildman–Crippen MR) is 122 cm³/mol. The average Bonchev–Trinajstić information content (AvgIpc) is 3.08. The van der Waals surface area contributed by atoms with Gasteiger partial charge in [-0.05, 0) is 45.0 Å². The van der Waals surface area contributed by atoms with Crippen LogP contribution in [0.15, 0.2) is 48.8 Å². The number of para-hydroxylation sites is 1. The van der Waals surface area contributed by atoms with Crippen LogP contribution in [0.1, 0.15) is 31.1 Å². The summed E-state index contributed by atoms with van der Waals surface area (Å²) < 4.78 is 5.49. The van der Waals surface area contributed by atoms with Crippen molar-refractivity contribution in [1.29, 1.82) is 0 Å². The quantitative estimate of drug-likeness (QED) is 0.420. The Morgan fingerprint density at radius 2 is 1.77 bits per heavy atom. The molecule has 0 aliphatic carbocycles. The Labute approximate surface area is 188 Å². The van der Waals surface area contributed by atoms with Gasteiger partial charge in [-0.2, -0.15) is 0 Å². The highest BCUT2D eigenvalue weighted by atomic mass is 35.5. The maximum Gasteiger partial charge on any atom is 0.341 e. The van der Waals surface area contributed by atoms with Gasteiger partial charge in [0.1, 0.15) is 10.6 Å². The normalized spacial score (nSPS) is 11.1. The van der Waals surface area contributed by atoms with Crippen molar-refractivity contribution in [3.63, 3.8) is 0 Å². The monoisotopic (exact) mass is 463 g/mol. The third-order valence-electron chi connectivity index (χ3n) is 3.73. The summed E-state index contributed by atoms with van der Waals surface area (Å²) in [6.45, 7) is 5.33. The average molecular weight is 464 g/mol. The Kier molecular flexibility index (Phi) is 6.65. The van der Waals surface area contributed by atoms with Crippen LogP contribution in [0.5, 0.6) is 0 Å². The van der Waals surface area contributed by atoms with E-state index in [0.29, 0.717) is 15.0 Å². The van der Waals surface area contributed by atoms with E-state index < -0.39 is 17.6 Å². The number of urea groups is 1. The first-order valence-electron chi connectivity index (χ1n) is 8.93. The van der Waals surface area contributed by atoms with Crippen LogP contribution < -0.4 is 10.6 Å². The molecule has 0 fully saturated rings. The number of esters is 1. The fourth-order valence-electron chi connectivity index (χ4n) is 2.48. The van der Waals surface area contributed by atoms with Crippen LogP contribution in [0, 0.1) is 0 Å². The van der Waals surface area contributed by atoms with E-state index in [1.807, 2.05) is 6.07 Å². The zero-order chi connectivity index (χ0) is 21.9. The molecule has 0 unspecified atom stereocenters. The number of ether oxygens (including phenoxy) is 1. The number of hydrogen-bond donors (Lipinski definition) is 2. The summed E-state index contributed by atoms with van der Waals surface area (Å²) in [5.41, 5.74) is 0.656. The Morgan fingerprint density at radius 1 is 1.07 bits per heavy atom. The SMILES string of the molecule is CC(C)(C)OC(=O)c1cc(-c2cccnc2)sc1NC(=O)Nc1c(Cl)cccc1Cl. The molecule has 2 N–H and O–H groups in total. The summed E-state index contributed by atoms with van der Waals surface area (Å²) in [6.07, 6.45) is 3.34. The van der Waals surface area contributed by atoms with Gasteiger partial charge in [0.15, 0.2) is 0 Å². The number of nitrogens with zero attached hydrogens (tertiary/aromatic N) is 1. The first kappa shape index (κ1) is 22.1. The fraction of sp³-hybridized carbons (Fsp3) is 0.190. The molecule has 0 saturated carbocycles. The lowest BCUT2D eigenvalue weighted by Crippen LogP contribution is -2.25. The second kappa shape index (κ2) is 9.04. The molecule has 3 rings (SSSR count). The van der Waals surface area contributed by atoms with E-state index in [0.717, 1.165) is 10.4 Å². The van der Waals surface area contributed by atoms with Gasteiger partial charge in [-0.15, -0.1) is 11.3 Å². The lowest BCUT2D eigenvalue weighted by molar-refractivity contribution is 0.00713. The van der Waals surface area contributed by atoms with E-state index in [2.05, 4.69) is 15.6 Å². The maximum absolute atomic E-state index is 12.7. The van der Waals surface area contributed by atoms with Crippen molar-refractivity contribution in [1.82, 2.24) is 4.98 Å². The summed E-state index contributed by atoms with van der Waals surface area (Å²) in [5, 5.41) is 6.25. The second-order valence-electron chi connectivity index (χ2n) is 7.27. The van der Waals surface area contributed by atoms with E-state index in [1.54, 1.807) is 63.5 Å². The topological polar surface area (TPSA) is 80.3 Å². The number of thiophene rings is 1. The van der Waals surface area contributed by atoms with Crippen molar-refractivity contribution in [3.05, 3.63) is 64.4 Å². The number of carbonyl (C=O) groups is 2. The molecule has 0 bridgehead atoms. The minimum atomic E-state index is -0.682. The Balaban J connectivity index is 1.91. The molecule has 0 aliphatic rings. The predicted octanol–water partition coefficient (Wildman–Crippen LogP) is 6.72. The number of carbonyl (C=O) groups excluding carboxylic acids is 2. The van der Waals surface area contributed by atoms with E-state index in [9.17, 15) is 9.59 Å². The molecule has 30 heavy (non-hydrogen) atoms. The van der Waals surface area contributed by atoms with E-state index in [1.165, 1.54) is 11.3 Å². The molecule has 0 saturated heterocycles. The number of nitrogens with one attached hydrogen (secondary N) is 2. The molecule has 2 amide bonds. The molecule has 156 valence electrons. The van der Waals surface area contributed by atoms with Gasteiger partial charge in [0.25, 0.3) is 0 Å². The van der Waals surface area contributed by atoms with E-state index >= 15 is 0 Å². The van der Waals surface area contributed by atoms with Gasteiger partial charge in [0.2, 0.25) is 0 Å². The smallest absolute Gasteiger partial charge is 0.341 e. The lowest BCUT2D eigenvalue weighted by Gasteiger charge is -2.19. The largest absolute Gasteiger partial charge is 0.456 e. The van der Waals surface area contributed by atoms with Crippen molar-refractivity contribution in [3.8, 4) is 10.4 Å². The number of aromatic nitrogens is 1. The third-order valence-corrected chi connectivity index (χ3v) is 5.45. The van der Waals surface area contributed by atoms with Crippen LogP contribution >= 0.6 is 34.5 Å². The van der Waals surface area contributed by atoms with Crippen LogP contribution in [-0.2, 0) is 4.74 Å². The van der Waals surface area contributed by atoms with Gasteiger partial charge in [-0.1, -0.05) is 35.3 Å². The summed E-state index contributed by atoms with van der Waals surface area (Å²) in [7, 11) is 0. The molecular formula is C21H19Cl2N3O3S. The first-order valence-corrected chi connectivity index (χ1v) is 10.5. The number of amides is 2.